The number of amides is 3. The molecule has 3 aromatic rings. The van der Waals surface area contributed by atoms with Crippen LogP contribution in [-0.4, -0.2) is 73.3 Å². The zero-order chi connectivity index (χ0) is 32.1. The molecule has 0 radical (unpaired) electrons. The Bertz CT molecular complexity index is 1650. The van der Waals surface area contributed by atoms with Gasteiger partial charge < -0.3 is 39.0 Å². The van der Waals surface area contributed by atoms with Crippen LogP contribution in [0.3, 0.4) is 0 Å². The average Bonchev–Trinajstić information content (AvgIpc) is 3.04. The Labute approximate surface area is 261 Å². The number of carbonyl (C=O) groups is 3. The minimum Gasteiger partial charge on any atom is -0.496 e. The van der Waals surface area contributed by atoms with Crippen molar-refractivity contribution < 1.29 is 33.3 Å². The number of likely N-dealkylation sites (tertiary alicyclic amines) is 1. The lowest BCUT2D eigenvalue weighted by Gasteiger charge is -2.38. The highest BCUT2D eigenvalue weighted by atomic mass is 16.5. The molecule has 45 heavy (non-hydrogen) atoms. The Kier molecular flexibility index (Phi) is 9.60. The van der Waals surface area contributed by atoms with Crippen molar-refractivity contribution in [1.82, 2.24) is 20.1 Å². The van der Waals surface area contributed by atoms with Crippen molar-refractivity contribution >= 4 is 17.7 Å². The molecule has 1 aromatic heterocycles. The van der Waals surface area contributed by atoms with Crippen LogP contribution in [0.25, 0.3) is 0 Å². The fourth-order valence-corrected chi connectivity index (χ4v) is 5.50. The van der Waals surface area contributed by atoms with Crippen LogP contribution in [0, 0.1) is 6.92 Å². The second kappa shape index (κ2) is 13.7. The molecule has 6 rings (SSSR count). The third-order valence-electron chi connectivity index (χ3n) is 8.22. The van der Waals surface area contributed by atoms with Crippen molar-refractivity contribution in [2.75, 3.05) is 33.9 Å². The molecule has 0 spiro atoms. The van der Waals surface area contributed by atoms with Crippen LogP contribution in [0.2, 0.25) is 0 Å². The third-order valence-corrected chi connectivity index (χ3v) is 8.22. The number of benzene rings is 2. The van der Waals surface area contributed by atoms with Crippen molar-refractivity contribution in [3.8, 4) is 23.0 Å². The van der Waals surface area contributed by atoms with Gasteiger partial charge in [-0.2, -0.15) is 0 Å². The van der Waals surface area contributed by atoms with Gasteiger partial charge in [0.25, 0.3) is 17.4 Å². The summed E-state index contributed by atoms with van der Waals surface area (Å²) >= 11 is 0. The van der Waals surface area contributed by atoms with E-state index in [1.807, 2.05) is 12.1 Å². The Morgan fingerprint density at radius 3 is 2.53 bits per heavy atom. The fraction of sp³-hybridized carbons (Fsp3) is 0.394. The van der Waals surface area contributed by atoms with Crippen LogP contribution in [-0.2, 0) is 29.6 Å². The lowest BCUT2D eigenvalue weighted by atomic mass is 10.0. The maximum Gasteiger partial charge on any atom is 0.263 e. The average molecular weight is 619 g/mol. The molecule has 1 fully saturated rings. The summed E-state index contributed by atoms with van der Waals surface area (Å²) in [5, 5.41) is 5.92. The number of aryl methyl sites for hydroxylation is 2. The summed E-state index contributed by atoms with van der Waals surface area (Å²) in [6.07, 6.45) is 0.594. The van der Waals surface area contributed by atoms with Crippen molar-refractivity contribution in [3.63, 3.8) is 0 Å². The Balaban J connectivity index is 1.44. The molecule has 3 aliphatic heterocycles. The number of hydrogen-bond acceptors (Lipinski definition) is 8. The summed E-state index contributed by atoms with van der Waals surface area (Å²) < 4.78 is 24.7. The molecule has 238 valence electrons. The number of hydrogen-bond donors (Lipinski definition) is 2. The Hall–Kier alpha value is -5.00. The lowest BCUT2D eigenvalue weighted by Crippen LogP contribution is -2.59. The Morgan fingerprint density at radius 2 is 1.76 bits per heavy atom. The third kappa shape index (κ3) is 7.22. The molecule has 4 heterocycles. The molecule has 3 amide bonds. The van der Waals surface area contributed by atoms with E-state index >= 15 is 0 Å². The maximum atomic E-state index is 13.5. The van der Waals surface area contributed by atoms with Crippen molar-refractivity contribution in [1.29, 1.82) is 0 Å². The largest absolute Gasteiger partial charge is 0.496 e. The number of piperidine rings is 1. The van der Waals surface area contributed by atoms with Crippen LogP contribution in [0.15, 0.2) is 53.3 Å². The quantitative estimate of drug-likeness (QED) is 0.456. The lowest BCUT2D eigenvalue weighted by molar-refractivity contribution is -0.125. The molecule has 2 atom stereocenters. The van der Waals surface area contributed by atoms with E-state index in [1.54, 1.807) is 62.4 Å². The second-order valence-electron chi connectivity index (χ2n) is 11.1. The fourth-order valence-electron chi connectivity index (χ4n) is 5.50. The number of rotatable bonds is 3. The number of ether oxygens (including phenoxy) is 4. The van der Waals surface area contributed by atoms with E-state index in [0.717, 1.165) is 16.8 Å². The van der Waals surface area contributed by atoms with E-state index in [2.05, 4.69) is 10.6 Å². The van der Waals surface area contributed by atoms with Crippen LogP contribution in [0.5, 0.6) is 23.0 Å². The SMILES string of the molecule is COc1cc2ccc1CNC(=O)CCc1ccc(OC)c(c1)OCC(=O)N[C@@H]1CN(C(=O)c3ccc(C)n(C)c3=O)CC[C@@H]1O2. The molecule has 3 aliphatic rings. The molecule has 12 nitrogen and oxygen atoms in total. The predicted octanol–water partition coefficient (Wildman–Crippen LogP) is 2.13. The highest BCUT2D eigenvalue weighted by Gasteiger charge is 2.35. The molecule has 0 unspecified atom stereocenters. The molecule has 12 heteroatoms. The number of nitrogens with zero attached hydrogens (tertiary/aromatic N) is 2. The minimum absolute atomic E-state index is 0.0626. The van der Waals surface area contributed by atoms with Gasteiger partial charge in [-0.15, -0.1) is 0 Å². The molecular weight excluding hydrogens is 580 g/mol. The second-order valence-corrected chi connectivity index (χ2v) is 11.1. The number of nitrogens with one attached hydrogen (secondary N) is 2. The van der Waals surface area contributed by atoms with Gasteiger partial charge in [-0.25, -0.2) is 0 Å². The minimum atomic E-state index is -0.617. The first kappa shape index (κ1) is 31.4. The number of fused-ring (bicyclic) bond motifs is 9. The first-order chi connectivity index (χ1) is 21.7. The van der Waals surface area contributed by atoms with Crippen LogP contribution >= 0.6 is 0 Å². The molecule has 0 aliphatic carbocycles. The van der Waals surface area contributed by atoms with Crippen molar-refractivity contribution in [2.24, 2.45) is 7.05 Å². The monoisotopic (exact) mass is 618 g/mol. The molecule has 1 saturated heterocycles. The Morgan fingerprint density at radius 1 is 0.956 bits per heavy atom. The first-order valence-corrected chi connectivity index (χ1v) is 14.8. The highest BCUT2D eigenvalue weighted by molar-refractivity contribution is 5.94. The summed E-state index contributed by atoms with van der Waals surface area (Å²) in [5.41, 5.74) is 2.05. The number of aromatic nitrogens is 1. The first-order valence-electron chi connectivity index (χ1n) is 14.8. The maximum absolute atomic E-state index is 13.5. The molecular formula is C33H38N4O8. The van der Waals surface area contributed by atoms with E-state index in [1.165, 1.54) is 11.7 Å². The molecule has 2 aromatic carbocycles. The molecule has 2 N–H and O–H groups in total. The van der Waals surface area contributed by atoms with Gasteiger partial charge in [-0.05, 0) is 55.3 Å². The van der Waals surface area contributed by atoms with Crippen LogP contribution in [0.1, 0.15) is 40.0 Å². The summed E-state index contributed by atoms with van der Waals surface area (Å²) in [4.78, 5) is 53.8. The number of pyridine rings is 1. The summed E-state index contributed by atoms with van der Waals surface area (Å²) in [7, 11) is 4.68. The number of methoxy groups -OCH3 is 2. The smallest absolute Gasteiger partial charge is 0.263 e. The highest BCUT2D eigenvalue weighted by Crippen LogP contribution is 2.30. The van der Waals surface area contributed by atoms with E-state index in [0.29, 0.717) is 42.4 Å². The zero-order valence-electron chi connectivity index (χ0n) is 25.9. The van der Waals surface area contributed by atoms with E-state index in [9.17, 15) is 19.2 Å². The summed E-state index contributed by atoms with van der Waals surface area (Å²) in [6.45, 7) is 2.18. The standard InChI is InChI=1S/C33H38N4O8/c1-20-5-10-24(32(40)36(20)2)33(41)37-14-13-26-25(18-37)35-31(39)19-44-29-15-21(6-11-27(29)42-3)7-12-30(38)34-17-22-8-9-23(45-26)16-28(22)43-4/h5-6,8-11,15-16,25-26H,7,12-14,17-19H2,1-4H3,(H,34,38)(H,35,39)/t25-,26+/m1/s1. The van der Waals surface area contributed by atoms with Gasteiger partial charge in [-0.3, -0.25) is 19.2 Å². The van der Waals surface area contributed by atoms with Gasteiger partial charge in [0, 0.05) is 56.8 Å². The topological polar surface area (TPSA) is 137 Å². The molecule has 0 saturated carbocycles. The number of carbonyl (C=O) groups excluding carboxylic acids is 3. The van der Waals surface area contributed by atoms with Crippen LogP contribution < -0.4 is 35.1 Å². The predicted molar refractivity (Wildman–Crippen MR) is 165 cm³/mol. The zero-order valence-corrected chi connectivity index (χ0v) is 25.9. The molecule has 4 bridgehead atoms. The summed E-state index contributed by atoms with van der Waals surface area (Å²) in [6, 6.07) is 13.3. The normalized spacial score (nSPS) is 19.0. The van der Waals surface area contributed by atoms with Gasteiger partial charge in [0.15, 0.2) is 18.1 Å². The van der Waals surface area contributed by atoms with E-state index in [-0.39, 0.29) is 43.1 Å². The van der Waals surface area contributed by atoms with Crippen LogP contribution in [0.4, 0.5) is 0 Å². The van der Waals surface area contributed by atoms with Gasteiger partial charge >= 0.3 is 0 Å². The van der Waals surface area contributed by atoms with Crippen molar-refractivity contribution in [2.45, 2.75) is 44.9 Å². The van der Waals surface area contributed by atoms with E-state index < -0.39 is 24.0 Å². The van der Waals surface area contributed by atoms with Gasteiger partial charge in [0.05, 0.1) is 20.3 Å². The van der Waals surface area contributed by atoms with Gasteiger partial charge in [0.2, 0.25) is 5.91 Å². The van der Waals surface area contributed by atoms with E-state index in [4.69, 9.17) is 18.9 Å². The summed E-state index contributed by atoms with van der Waals surface area (Å²) in [5.74, 6) is 0.910. The van der Waals surface area contributed by atoms with Gasteiger partial charge in [-0.1, -0.05) is 6.07 Å². The van der Waals surface area contributed by atoms with Gasteiger partial charge in [0.1, 0.15) is 23.2 Å². The van der Waals surface area contributed by atoms with Crippen molar-refractivity contribution in [3.05, 3.63) is 81.3 Å².